The molecule has 2 aromatic rings. The molecule has 0 atom stereocenters. The number of anilines is 1. The SMILES string of the molecule is CCOc1ccc(NC(=O)CN2CCN(Cc3cc(C)on3)CC2)cc1. The van der Waals surface area contributed by atoms with Gasteiger partial charge in [-0.1, -0.05) is 5.16 Å². The van der Waals surface area contributed by atoms with Crippen LogP contribution in [0.15, 0.2) is 34.9 Å². The Morgan fingerprint density at radius 3 is 2.50 bits per heavy atom. The summed E-state index contributed by atoms with van der Waals surface area (Å²) in [6.45, 7) is 9.26. The summed E-state index contributed by atoms with van der Waals surface area (Å²) in [4.78, 5) is 16.8. The maximum absolute atomic E-state index is 12.2. The van der Waals surface area contributed by atoms with E-state index in [9.17, 15) is 4.79 Å². The van der Waals surface area contributed by atoms with Crippen LogP contribution in [0.5, 0.6) is 5.75 Å². The second-order valence-corrected chi connectivity index (χ2v) is 6.49. The minimum atomic E-state index is 0.00901. The van der Waals surface area contributed by atoms with E-state index < -0.39 is 0 Å². The number of aromatic nitrogens is 1. The Balaban J connectivity index is 1.40. The molecule has 0 bridgehead atoms. The third-order valence-corrected chi connectivity index (χ3v) is 4.34. The fourth-order valence-corrected chi connectivity index (χ4v) is 3.03. The molecule has 7 nitrogen and oxygen atoms in total. The first-order valence-corrected chi connectivity index (χ1v) is 9.02. The Hall–Kier alpha value is -2.38. The highest BCUT2D eigenvalue weighted by atomic mass is 16.5. The van der Waals surface area contributed by atoms with Gasteiger partial charge in [-0.2, -0.15) is 0 Å². The Bertz CT molecular complexity index is 706. The van der Waals surface area contributed by atoms with Crippen molar-refractivity contribution in [2.45, 2.75) is 20.4 Å². The smallest absolute Gasteiger partial charge is 0.238 e. The molecule has 0 spiro atoms. The number of amides is 1. The minimum absolute atomic E-state index is 0.00901. The zero-order chi connectivity index (χ0) is 18.4. The van der Waals surface area contributed by atoms with Crippen LogP contribution in [0.1, 0.15) is 18.4 Å². The second kappa shape index (κ2) is 8.82. The number of carbonyl (C=O) groups is 1. The van der Waals surface area contributed by atoms with E-state index in [4.69, 9.17) is 9.26 Å². The van der Waals surface area contributed by atoms with Crippen LogP contribution < -0.4 is 10.1 Å². The van der Waals surface area contributed by atoms with Crippen LogP contribution in [-0.2, 0) is 11.3 Å². The van der Waals surface area contributed by atoms with Crippen molar-refractivity contribution >= 4 is 11.6 Å². The lowest BCUT2D eigenvalue weighted by atomic mass is 10.2. The molecule has 0 radical (unpaired) electrons. The van der Waals surface area contributed by atoms with Gasteiger partial charge in [0.15, 0.2) is 0 Å². The Morgan fingerprint density at radius 2 is 1.88 bits per heavy atom. The molecule has 26 heavy (non-hydrogen) atoms. The Kier molecular flexibility index (Phi) is 6.25. The standard InChI is InChI=1S/C19H26N4O3/c1-3-25-18-6-4-16(5-7-18)20-19(24)14-23-10-8-22(9-11-23)13-17-12-15(2)26-21-17/h4-7,12H,3,8-11,13-14H2,1-2H3,(H,20,24). The molecule has 1 amide bonds. The normalized spacial score (nSPS) is 15.8. The molecule has 140 valence electrons. The van der Waals surface area contributed by atoms with Crippen molar-refractivity contribution in [3.05, 3.63) is 41.8 Å². The first kappa shape index (κ1) is 18.4. The predicted octanol–water partition coefficient (Wildman–Crippen LogP) is 2.14. The Labute approximate surface area is 153 Å². The fourth-order valence-electron chi connectivity index (χ4n) is 3.03. The van der Waals surface area contributed by atoms with Gasteiger partial charge in [0.1, 0.15) is 11.5 Å². The van der Waals surface area contributed by atoms with Crippen molar-refractivity contribution in [3.8, 4) is 5.75 Å². The van der Waals surface area contributed by atoms with Crippen molar-refractivity contribution in [1.29, 1.82) is 0 Å². The van der Waals surface area contributed by atoms with Crippen LogP contribution in [0.2, 0.25) is 0 Å². The number of hydrogen-bond donors (Lipinski definition) is 1. The summed E-state index contributed by atoms with van der Waals surface area (Å²) in [5.41, 5.74) is 1.75. The molecular formula is C19H26N4O3. The van der Waals surface area contributed by atoms with E-state index in [0.717, 1.165) is 55.6 Å². The lowest BCUT2D eigenvalue weighted by molar-refractivity contribution is -0.117. The highest BCUT2D eigenvalue weighted by molar-refractivity contribution is 5.92. The average Bonchev–Trinajstić information content (AvgIpc) is 3.03. The number of nitrogens with zero attached hydrogens (tertiary/aromatic N) is 3. The molecule has 1 fully saturated rings. The van der Waals surface area contributed by atoms with E-state index in [1.807, 2.05) is 44.2 Å². The largest absolute Gasteiger partial charge is 0.494 e. The summed E-state index contributed by atoms with van der Waals surface area (Å²) in [5.74, 6) is 1.66. The van der Waals surface area contributed by atoms with Crippen molar-refractivity contribution in [1.82, 2.24) is 15.0 Å². The molecule has 0 unspecified atom stereocenters. The van der Waals surface area contributed by atoms with Crippen LogP contribution in [0.3, 0.4) is 0 Å². The van der Waals surface area contributed by atoms with Crippen LogP contribution in [0.4, 0.5) is 5.69 Å². The Morgan fingerprint density at radius 1 is 1.19 bits per heavy atom. The van der Waals surface area contributed by atoms with Crippen molar-refractivity contribution in [2.75, 3.05) is 44.6 Å². The van der Waals surface area contributed by atoms with Crippen molar-refractivity contribution in [3.63, 3.8) is 0 Å². The molecular weight excluding hydrogens is 332 g/mol. The molecule has 1 aromatic heterocycles. The summed E-state index contributed by atoms with van der Waals surface area (Å²) in [7, 11) is 0. The van der Waals surface area contributed by atoms with Gasteiger partial charge in [-0.15, -0.1) is 0 Å². The van der Waals surface area contributed by atoms with Crippen molar-refractivity contribution < 1.29 is 14.1 Å². The predicted molar refractivity (Wildman–Crippen MR) is 99.2 cm³/mol. The number of carbonyl (C=O) groups excluding carboxylic acids is 1. The van der Waals surface area contributed by atoms with Crippen LogP contribution in [0, 0.1) is 6.92 Å². The molecule has 1 aromatic carbocycles. The van der Waals surface area contributed by atoms with Crippen LogP contribution in [0.25, 0.3) is 0 Å². The quantitative estimate of drug-likeness (QED) is 0.818. The molecule has 0 aliphatic carbocycles. The average molecular weight is 358 g/mol. The number of ether oxygens (including phenoxy) is 1. The summed E-state index contributed by atoms with van der Waals surface area (Å²) in [6.07, 6.45) is 0. The van der Waals surface area contributed by atoms with E-state index in [1.54, 1.807) is 0 Å². The number of benzene rings is 1. The van der Waals surface area contributed by atoms with Gasteiger partial charge in [0.05, 0.1) is 18.8 Å². The van der Waals surface area contributed by atoms with Gasteiger partial charge in [0.25, 0.3) is 0 Å². The first-order chi connectivity index (χ1) is 12.6. The summed E-state index contributed by atoms with van der Waals surface area (Å²) < 4.78 is 10.5. The highest BCUT2D eigenvalue weighted by Gasteiger charge is 2.20. The lowest BCUT2D eigenvalue weighted by Gasteiger charge is -2.33. The first-order valence-electron chi connectivity index (χ1n) is 9.02. The number of aryl methyl sites for hydroxylation is 1. The second-order valence-electron chi connectivity index (χ2n) is 6.49. The van der Waals surface area contributed by atoms with Gasteiger partial charge in [0.2, 0.25) is 5.91 Å². The molecule has 0 saturated carbocycles. The van der Waals surface area contributed by atoms with Gasteiger partial charge in [0, 0.05) is 44.5 Å². The number of nitrogens with one attached hydrogen (secondary N) is 1. The number of piperazine rings is 1. The monoisotopic (exact) mass is 358 g/mol. The topological polar surface area (TPSA) is 70.8 Å². The molecule has 1 N–H and O–H groups in total. The third kappa shape index (κ3) is 5.31. The minimum Gasteiger partial charge on any atom is -0.494 e. The van der Waals surface area contributed by atoms with Gasteiger partial charge in [-0.05, 0) is 38.1 Å². The van der Waals surface area contributed by atoms with E-state index in [0.29, 0.717) is 13.2 Å². The van der Waals surface area contributed by atoms with Crippen LogP contribution >= 0.6 is 0 Å². The van der Waals surface area contributed by atoms with Gasteiger partial charge >= 0.3 is 0 Å². The summed E-state index contributed by atoms with van der Waals surface area (Å²) in [6, 6.07) is 9.42. The summed E-state index contributed by atoms with van der Waals surface area (Å²) >= 11 is 0. The van der Waals surface area contributed by atoms with Gasteiger partial charge < -0.3 is 14.6 Å². The molecule has 1 aliphatic rings. The van der Waals surface area contributed by atoms with Crippen molar-refractivity contribution in [2.24, 2.45) is 0 Å². The number of rotatable bonds is 7. The van der Waals surface area contributed by atoms with E-state index in [-0.39, 0.29) is 5.91 Å². The molecule has 1 saturated heterocycles. The highest BCUT2D eigenvalue weighted by Crippen LogP contribution is 2.16. The maximum atomic E-state index is 12.2. The fraction of sp³-hybridized carbons (Fsp3) is 0.474. The van der Waals surface area contributed by atoms with E-state index in [1.165, 1.54) is 0 Å². The van der Waals surface area contributed by atoms with Crippen LogP contribution in [-0.4, -0.2) is 60.2 Å². The molecule has 1 aliphatic heterocycles. The molecule has 2 heterocycles. The zero-order valence-electron chi connectivity index (χ0n) is 15.4. The van der Waals surface area contributed by atoms with E-state index >= 15 is 0 Å². The summed E-state index contributed by atoms with van der Waals surface area (Å²) in [5, 5.41) is 6.98. The van der Waals surface area contributed by atoms with Gasteiger partial charge in [-0.25, -0.2) is 0 Å². The van der Waals surface area contributed by atoms with E-state index in [2.05, 4.69) is 20.3 Å². The lowest BCUT2D eigenvalue weighted by Crippen LogP contribution is -2.48. The number of hydrogen-bond acceptors (Lipinski definition) is 6. The zero-order valence-corrected chi connectivity index (χ0v) is 15.4. The van der Waals surface area contributed by atoms with Gasteiger partial charge in [-0.3, -0.25) is 14.6 Å². The maximum Gasteiger partial charge on any atom is 0.238 e. The molecule has 7 heteroatoms. The molecule has 3 rings (SSSR count). The third-order valence-electron chi connectivity index (χ3n) is 4.34.